The molecule has 0 saturated heterocycles. The largest absolute Gasteiger partial charge is 0.338 e. The predicted molar refractivity (Wildman–Crippen MR) is 67.5 cm³/mol. The van der Waals surface area contributed by atoms with Crippen LogP contribution in [0.25, 0.3) is 0 Å². The molecule has 1 saturated carbocycles. The summed E-state index contributed by atoms with van der Waals surface area (Å²) in [6, 6.07) is 0.439. The van der Waals surface area contributed by atoms with Gasteiger partial charge in [0.1, 0.15) is 0 Å². The van der Waals surface area contributed by atoms with E-state index in [0.29, 0.717) is 12.0 Å². The van der Waals surface area contributed by atoms with Gasteiger partial charge in [-0.2, -0.15) is 0 Å². The van der Waals surface area contributed by atoms with E-state index in [1.807, 2.05) is 0 Å². The van der Waals surface area contributed by atoms with E-state index < -0.39 is 0 Å². The molecule has 0 heterocycles. The highest BCUT2D eigenvalue weighted by Gasteiger charge is 2.15. The molecule has 1 aliphatic carbocycles. The van der Waals surface area contributed by atoms with Crippen LogP contribution >= 0.6 is 0 Å². The SMILES string of the molecule is CCC(CC)CNC(=O)NC1CCCCC1. The maximum absolute atomic E-state index is 11.6. The molecule has 0 spiro atoms. The minimum Gasteiger partial charge on any atom is -0.338 e. The molecule has 2 amide bonds. The highest BCUT2D eigenvalue weighted by molar-refractivity contribution is 5.74. The van der Waals surface area contributed by atoms with Crippen LogP contribution in [0, 0.1) is 5.92 Å². The Bertz CT molecular complexity index is 196. The zero-order valence-corrected chi connectivity index (χ0v) is 10.7. The zero-order chi connectivity index (χ0) is 11.8. The Labute approximate surface area is 99.4 Å². The number of carbonyl (C=O) groups excluding carboxylic acids is 1. The van der Waals surface area contributed by atoms with Crippen LogP contribution in [0.15, 0.2) is 0 Å². The maximum Gasteiger partial charge on any atom is 0.315 e. The summed E-state index contributed by atoms with van der Waals surface area (Å²) in [5, 5.41) is 6.05. The lowest BCUT2D eigenvalue weighted by molar-refractivity contribution is 0.230. The summed E-state index contributed by atoms with van der Waals surface area (Å²) in [7, 11) is 0. The van der Waals surface area contributed by atoms with E-state index in [-0.39, 0.29) is 6.03 Å². The van der Waals surface area contributed by atoms with Crippen LogP contribution in [-0.4, -0.2) is 18.6 Å². The monoisotopic (exact) mass is 226 g/mol. The summed E-state index contributed by atoms with van der Waals surface area (Å²) in [5.74, 6) is 0.622. The van der Waals surface area contributed by atoms with E-state index in [4.69, 9.17) is 0 Å². The van der Waals surface area contributed by atoms with Gasteiger partial charge < -0.3 is 10.6 Å². The summed E-state index contributed by atoms with van der Waals surface area (Å²) < 4.78 is 0. The molecule has 1 rings (SSSR count). The van der Waals surface area contributed by atoms with Crippen LogP contribution in [0.4, 0.5) is 4.79 Å². The van der Waals surface area contributed by atoms with Crippen LogP contribution < -0.4 is 10.6 Å². The molecule has 3 heteroatoms. The number of nitrogens with one attached hydrogen (secondary N) is 2. The van der Waals surface area contributed by atoms with Crippen molar-refractivity contribution in [1.82, 2.24) is 10.6 Å². The van der Waals surface area contributed by atoms with Gasteiger partial charge in [-0.15, -0.1) is 0 Å². The Balaban J connectivity index is 2.14. The molecule has 0 aromatic heterocycles. The molecular formula is C13H26N2O. The van der Waals surface area contributed by atoms with Gasteiger partial charge in [-0.05, 0) is 18.8 Å². The standard InChI is InChI=1S/C13H26N2O/c1-3-11(4-2)10-14-13(16)15-12-8-6-5-7-9-12/h11-12H,3-10H2,1-2H3,(H2,14,15,16). The number of carbonyl (C=O) groups is 1. The third-order valence-corrected chi connectivity index (χ3v) is 3.65. The van der Waals surface area contributed by atoms with Crippen LogP contribution in [0.3, 0.4) is 0 Å². The van der Waals surface area contributed by atoms with Gasteiger partial charge in [0.15, 0.2) is 0 Å². The number of rotatable bonds is 5. The van der Waals surface area contributed by atoms with Gasteiger partial charge in [0, 0.05) is 12.6 Å². The molecule has 16 heavy (non-hydrogen) atoms. The first-order valence-electron chi connectivity index (χ1n) is 6.80. The molecule has 3 nitrogen and oxygen atoms in total. The highest BCUT2D eigenvalue weighted by Crippen LogP contribution is 2.17. The molecule has 0 atom stereocenters. The third kappa shape index (κ3) is 4.86. The molecule has 0 aliphatic heterocycles. The van der Waals surface area contributed by atoms with Crippen molar-refractivity contribution in [3.05, 3.63) is 0 Å². The summed E-state index contributed by atoms with van der Waals surface area (Å²) >= 11 is 0. The van der Waals surface area contributed by atoms with Crippen molar-refractivity contribution in [2.45, 2.75) is 64.8 Å². The second kappa shape index (κ2) is 7.53. The number of amides is 2. The molecule has 0 aromatic rings. The van der Waals surface area contributed by atoms with E-state index in [9.17, 15) is 4.79 Å². The molecule has 0 aromatic carbocycles. The average Bonchev–Trinajstić information content (AvgIpc) is 2.31. The van der Waals surface area contributed by atoms with Crippen molar-refractivity contribution in [3.8, 4) is 0 Å². The highest BCUT2D eigenvalue weighted by atomic mass is 16.2. The molecular weight excluding hydrogens is 200 g/mol. The van der Waals surface area contributed by atoms with Crippen molar-refractivity contribution < 1.29 is 4.79 Å². The first-order valence-corrected chi connectivity index (χ1v) is 6.80. The molecule has 2 N–H and O–H groups in total. The fraction of sp³-hybridized carbons (Fsp3) is 0.923. The Morgan fingerprint density at radius 3 is 2.38 bits per heavy atom. The molecule has 1 fully saturated rings. The maximum atomic E-state index is 11.6. The first-order chi connectivity index (χ1) is 7.76. The van der Waals surface area contributed by atoms with Crippen LogP contribution in [0.2, 0.25) is 0 Å². The van der Waals surface area contributed by atoms with Gasteiger partial charge in [0.2, 0.25) is 0 Å². The zero-order valence-electron chi connectivity index (χ0n) is 10.7. The van der Waals surface area contributed by atoms with Crippen LogP contribution in [0.5, 0.6) is 0 Å². The minimum atomic E-state index is 0.0267. The molecule has 1 aliphatic rings. The van der Waals surface area contributed by atoms with E-state index in [0.717, 1.165) is 32.2 Å². The van der Waals surface area contributed by atoms with Crippen molar-refractivity contribution in [2.75, 3.05) is 6.54 Å². The van der Waals surface area contributed by atoms with Gasteiger partial charge in [0.25, 0.3) is 0 Å². The lowest BCUT2D eigenvalue weighted by Crippen LogP contribution is -2.44. The van der Waals surface area contributed by atoms with Crippen LogP contribution in [-0.2, 0) is 0 Å². The van der Waals surface area contributed by atoms with Gasteiger partial charge >= 0.3 is 6.03 Å². The number of hydrogen-bond donors (Lipinski definition) is 2. The fourth-order valence-corrected chi connectivity index (χ4v) is 2.30. The van der Waals surface area contributed by atoms with Gasteiger partial charge in [-0.3, -0.25) is 0 Å². The van der Waals surface area contributed by atoms with Gasteiger partial charge in [0.05, 0.1) is 0 Å². The van der Waals surface area contributed by atoms with E-state index in [2.05, 4.69) is 24.5 Å². The first kappa shape index (κ1) is 13.3. The average molecular weight is 226 g/mol. The summed E-state index contributed by atoms with van der Waals surface area (Å²) in [5.41, 5.74) is 0. The van der Waals surface area contributed by atoms with Gasteiger partial charge in [-0.1, -0.05) is 46.0 Å². The second-order valence-corrected chi connectivity index (χ2v) is 4.87. The van der Waals surface area contributed by atoms with E-state index in [1.54, 1.807) is 0 Å². The lowest BCUT2D eigenvalue weighted by Gasteiger charge is -2.23. The fourth-order valence-electron chi connectivity index (χ4n) is 2.30. The molecule has 0 radical (unpaired) electrons. The molecule has 0 bridgehead atoms. The Kier molecular flexibility index (Phi) is 6.27. The van der Waals surface area contributed by atoms with Crippen molar-refractivity contribution in [3.63, 3.8) is 0 Å². The topological polar surface area (TPSA) is 41.1 Å². The van der Waals surface area contributed by atoms with Gasteiger partial charge in [-0.25, -0.2) is 4.79 Å². The second-order valence-electron chi connectivity index (χ2n) is 4.87. The lowest BCUT2D eigenvalue weighted by atomic mass is 9.96. The third-order valence-electron chi connectivity index (χ3n) is 3.65. The Morgan fingerprint density at radius 1 is 1.19 bits per heavy atom. The quantitative estimate of drug-likeness (QED) is 0.743. The Morgan fingerprint density at radius 2 is 1.81 bits per heavy atom. The minimum absolute atomic E-state index is 0.0267. The van der Waals surface area contributed by atoms with Crippen LogP contribution in [0.1, 0.15) is 58.8 Å². The van der Waals surface area contributed by atoms with E-state index in [1.165, 1.54) is 19.3 Å². The summed E-state index contributed by atoms with van der Waals surface area (Å²) in [4.78, 5) is 11.6. The smallest absolute Gasteiger partial charge is 0.315 e. The van der Waals surface area contributed by atoms with Crippen molar-refractivity contribution in [1.29, 1.82) is 0 Å². The molecule has 0 unspecified atom stereocenters. The number of hydrogen-bond acceptors (Lipinski definition) is 1. The molecule has 94 valence electrons. The Hall–Kier alpha value is -0.730. The van der Waals surface area contributed by atoms with E-state index >= 15 is 0 Å². The van der Waals surface area contributed by atoms with Crippen molar-refractivity contribution in [2.24, 2.45) is 5.92 Å². The number of urea groups is 1. The summed E-state index contributed by atoms with van der Waals surface area (Å²) in [6.45, 7) is 5.16. The predicted octanol–water partition coefficient (Wildman–Crippen LogP) is 3.05. The summed E-state index contributed by atoms with van der Waals surface area (Å²) in [6.07, 6.45) is 8.43. The van der Waals surface area contributed by atoms with Crippen molar-refractivity contribution >= 4 is 6.03 Å². The normalized spacial score (nSPS) is 17.4.